The maximum atomic E-state index is 13.9. The number of urea groups is 1. The van der Waals surface area contributed by atoms with Crippen LogP contribution >= 0.6 is 0 Å². The number of nitrogens with zero attached hydrogens (tertiary/aromatic N) is 3. The maximum Gasteiger partial charge on any atom is 0.410 e. The summed E-state index contributed by atoms with van der Waals surface area (Å²) in [5, 5.41) is 6.52. The van der Waals surface area contributed by atoms with Crippen LogP contribution in [0.2, 0.25) is 0 Å². The highest BCUT2D eigenvalue weighted by atomic mass is 16.6. The fourth-order valence-electron chi connectivity index (χ4n) is 7.64. The second kappa shape index (κ2) is 14.0. The Kier molecular flexibility index (Phi) is 9.69. The van der Waals surface area contributed by atoms with E-state index in [2.05, 4.69) is 22.8 Å². The Hall–Kier alpha value is -3.59. The predicted molar refractivity (Wildman–Crippen MR) is 171 cm³/mol. The van der Waals surface area contributed by atoms with Crippen molar-refractivity contribution in [2.45, 2.75) is 70.4 Å². The second-order valence-electron chi connectivity index (χ2n) is 13.1. The minimum atomic E-state index is -0.854. The molecule has 3 fully saturated rings. The van der Waals surface area contributed by atoms with Gasteiger partial charge in [-0.2, -0.15) is 0 Å². The molecule has 2 aromatic carbocycles. The number of carbonyl (C=O) groups excluding carboxylic acids is 3. The Morgan fingerprint density at radius 1 is 0.864 bits per heavy atom. The smallest absolute Gasteiger partial charge is 0.410 e. The molecule has 0 aromatic heterocycles. The predicted octanol–water partition coefficient (Wildman–Crippen LogP) is 4.84. The van der Waals surface area contributed by atoms with E-state index in [0.29, 0.717) is 44.8 Å². The monoisotopic (exact) mass is 601 g/mol. The van der Waals surface area contributed by atoms with Crippen LogP contribution < -0.4 is 10.6 Å². The summed E-state index contributed by atoms with van der Waals surface area (Å²) >= 11 is 0. The standard InChI is InChI=1S/C35H47N5O4/c1-25-5-4-6-26(23-25)24-32(33(41)38-18-11-28(12-19-38)27-9-16-36-17-10-27)44-35(43)39-20-14-30(15-21-39)40-22-13-29-7-2-3-8-31(29)37-34(40)42/h2-8,23,27-28,30,32,36H,9-22,24H2,1H3,(H,37,42)/t32-/m1/s1. The van der Waals surface area contributed by atoms with Crippen molar-refractivity contribution in [1.29, 1.82) is 0 Å². The number of anilines is 1. The van der Waals surface area contributed by atoms with Gasteiger partial charge in [-0.05, 0) is 94.0 Å². The van der Waals surface area contributed by atoms with E-state index in [1.165, 1.54) is 12.8 Å². The van der Waals surface area contributed by atoms with Crippen molar-refractivity contribution in [2.24, 2.45) is 11.8 Å². The van der Waals surface area contributed by atoms with Gasteiger partial charge >= 0.3 is 12.1 Å². The third-order valence-corrected chi connectivity index (χ3v) is 10.2. The summed E-state index contributed by atoms with van der Waals surface area (Å²) in [6, 6.07) is 16.0. The molecule has 6 rings (SSSR count). The SMILES string of the molecule is Cc1cccc(C[C@@H](OC(=O)N2CCC(N3CCc4ccccc4NC3=O)CC2)C(=O)N2CCC(C3CCNCC3)CC2)c1. The lowest BCUT2D eigenvalue weighted by atomic mass is 9.79. The van der Waals surface area contributed by atoms with Crippen LogP contribution in [0, 0.1) is 18.8 Å². The lowest BCUT2D eigenvalue weighted by molar-refractivity contribution is -0.142. The van der Waals surface area contributed by atoms with Crippen LogP contribution in [0.1, 0.15) is 55.2 Å². The zero-order valence-corrected chi connectivity index (χ0v) is 26.0. The van der Waals surface area contributed by atoms with E-state index in [1.807, 2.05) is 53.1 Å². The topological polar surface area (TPSA) is 94.2 Å². The molecule has 4 aliphatic heterocycles. The van der Waals surface area contributed by atoms with Crippen LogP contribution in [0.15, 0.2) is 48.5 Å². The molecular formula is C35H47N5O4. The molecule has 3 saturated heterocycles. The molecule has 0 spiro atoms. The van der Waals surface area contributed by atoms with Gasteiger partial charge in [0.2, 0.25) is 0 Å². The van der Waals surface area contributed by atoms with Crippen molar-refractivity contribution in [3.63, 3.8) is 0 Å². The van der Waals surface area contributed by atoms with E-state index >= 15 is 0 Å². The third-order valence-electron chi connectivity index (χ3n) is 10.2. The van der Waals surface area contributed by atoms with Crippen molar-refractivity contribution in [3.8, 4) is 0 Å². The number of likely N-dealkylation sites (tertiary alicyclic amines) is 2. The number of rotatable bonds is 6. The van der Waals surface area contributed by atoms with E-state index in [-0.39, 0.29) is 18.0 Å². The fourth-order valence-corrected chi connectivity index (χ4v) is 7.64. The van der Waals surface area contributed by atoms with Gasteiger partial charge in [0.25, 0.3) is 5.91 Å². The highest BCUT2D eigenvalue weighted by Crippen LogP contribution is 2.31. The van der Waals surface area contributed by atoms with E-state index in [0.717, 1.165) is 73.7 Å². The van der Waals surface area contributed by atoms with Gasteiger partial charge < -0.3 is 30.1 Å². The lowest BCUT2D eigenvalue weighted by Gasteiger charge is -2.39. The number of hydrogen-bond acceptors (Lipinski definition) is 5. The first kappa shape index (κ1) is 30.4. The number of carbonyl (C=O) groups is 3. The molecule has 236 valence electrons. The number of amides is 4. The zero-order chi connectivity index (χ0) is 30.5. The molecule has 2 N–H and O–H groups in total. The summed E-state index contributed by atoms with van der Waals surface area (Å²) < 4.78 is 6.05. The van der Waals surface area contributed by atoms with Gasteiger partial charge in [0.1, 0.15) is 0 Å². The Morgan fingerprint density at radius 2 is 1.57 bits per heavy atom. The Morgan fingerprint density at radius 3 is 2.32 bits per heavy atom. The molecule has 0 aliphatic carbocycles. The lowest BCUT2D eigenvalue weighted by Crippen LogP contribution is -2.52. The minimum absolute atomic E-state index is 0.0549. The minimum Gasteiger partial charge on any atom is -0.436 e. The number of piperidine rings is 3. The number of ether oxygens (including phenoxy) is 1. The van der Waals surface area contributed by atoms with Crippen LogP contribution in [0.5, 0.6) is 0 Å². The average Bonchev–Trinajstić information content (AvgIpc) is 3.22. The number of aryl methyl sites for hydroxylation is 1. The van der Waals surface area contributed by atoms with E-state index < -0.39 is 12.2 Å². The number of hydrogen-bond donors (Lipinski definition) is 2. The number of benzene rings is 2. The quantitative estimate of drug-likeness (QED) is 0.495. The van der Waals surface area contributed by atoms with Gasteiger partial charge in [0.05, 0.1) is 0 Å². The summed E-state index contributed by atoms with van der Waals surface area (Å²) in [4.78, 5) is 46.0. The van der Waals surface area contributed by atoms with E-state index in [9.17, 15) is 14.4 Å². The Balaban J connectivity index is 1.06. The summed E-state index contributed by atoms with van der Waals surface area (Å²) in [6.07, 6.45) is 5.71. The summed E-state index contributed by atoms with van der Waals surface area (Å²) in [5.41, 5.74) is 4.13. The average molecular weight is 602 g/mol. The molecule has 2 aromatic rings. The molecule has 1 atom stereocenters. The molecule has 0 radical (unpaired) electrons. The summed E-state index contributed by atoms with van der Waals surface area (Å²) in [5.74, 6) is 1.33. The van der Waals surface area contributed by atoms with Gasteiger partial charge in [-0.15, -0.1) is 0 Å². The Labute approximate surface area is 261 Å². The number of para-hydroxylation sites is 1. The maximum absolute atomic E-state index is 13.9. The third kappa shape index (κ3) is 7.20. The van der Waals surface area contributed by atoms with Gasteiger partial charge in [-0.3, -0.25) is 4.79 Å². The summed E-state index contributed by atoms with van der Waals surface area (Å²) in [7, 11) is 0. The first-order valence-corrected chi connectivity index (χ1v) is 16.6. The van der Waals surface area contributed by atoms with Gasteiger partial charge in [-0.1, -0.05) is 48.0 Å². The number of nitrogens with one attached hydrogen (secondary N) is 2. The van der Waals surface area contributed by atoms with Gasteiger partial charge in [0.15, 0.2) is 6.10 Å². The Bertz CT molecular complexity index is 1310. The van der Waals surface area contributed by atoms with Crippen LogP contribution in [-0.4, -0.2) is 90.7 Å². The second-order valence-corrected chi connectivity index (χ2v) is 13.1. The highest BCUT2D eigenvalue weighted by Gasteiger charge is 2.36. The van der Waals surface area contributed by atoms with Gasteiger partial charge in [-0.25, -0.2) is 9.59 Å². The van der Waals surface area contributed by atoms with Gasteiger partial charge in [0, 0.05) is 50.9 Å². The molecule has 9 nitrogen and oxygen atoms in total. The first-order chi connectivity index (χ1) is 21.4. The molecule has 0 saturated carbocycles. The first-order valence-electron chi connectivity index (χ1n) is 16.6. The molecule has 0 bridgehead atoms. The van der Waals surface area contributed by atoms with Crippen LogP contribution in [0.25, 0.3) is 0 Å². The zero-order valence-electron chi connectivity index (χ0n) is 26.0. The largest absolute Gasteiger partial charge is 0.436 e. The molecule has 0 unspecified atom stereocenters. The van der Waals surface area contributed by atoms with Crippen molar-refractivity contribution in [1.82, 2.24) is 20.0 Å². The molecule has 4 aliphatic rings. The molecule has 44 heavy (non-hydrogen) atoms. The van der Waals surface area contributed by atoms with Crippen LogP contribution in [-0.2, 0) is 22.4 Å². The van der Waals surface area contributed by atoms with Crippen molar-refractivity contribution in [3.05, 3.63) is 65.2 Å². The van der Waals surface area contributed by atoms with Crippen molar-refractivity contribution < 1.29 is 19.1 Å². The molecular weight excluding hydrogens is 554 g/mol. The van der Waals surface area contributed by atoms with Crippen molar-refractivity contribution >= 4 is 23.7 Å². The van der Waals surface area contributed by atoms with Crippen molar-refractivity contribution in [2.75, 3.05) is 51.1 Å². The highest BCUT2D eigenvalue weighted by molar-refractivity contribution is 5.91. The molecule has 4 heterocycles. The normalized spacial score (nSPS) is 21.3. The van der Waals surface area contributed by atoms with Crippen LogP contribution in [0.3, 0.4) is 0 Å². The number of fused-ring (bicyclic) bond motifs is 1. The van der Waals surface area contributed by atoms with E-state index in [1.54, 1.807) is 4.90 Å². The summed E-state index contributed by atoms with van der Waals surface area (Å²) in [6.45, 7) is 7.31. The van der Waals surface area contributed by atoms with Crippen LogP contribution in [0.4, 0.5) is 15.3 Å². The fraction of sp³-hybridized carbons (Fsp3) is 0.571. The molecule has 4 amide bonds. The molecule has 9 heteroatoms. The van der Waals surface area contributed by atoms with E-state index in [4.69, 9.17) is 4.74 Å².